The Morgan fingerprint density at radius 3 is 2.43 bits per heavy atom. The van der Waals surface area contributed by atoms with Crippen molar-refractivity contribution in [2.24, 2.45) is 0 Å². The van der Waals surface area contributed by atoms with Crippen LogP contribution >= 0.6 is 27.5 Å². The zero-order valence-electron chi connectivity index (χ0n) is 11.2. The summed E-state index contributed by atoms with van der Waals surface area (Å²) in [6.07, 6.45) is -3.89. The first-order chi connectivity index (χ1) is 9.79. The van der Waals surface area contributed by atoms with Gasteiger partial charge in [-0.05, 0) is 48.2 Å². The molecule has 0 amide bonds. The van der Waals surface area contributed by atoms with Gasteiger partial charge in [0.15, 0.2) is 0 Å². The van der Waals surface area contributed by atoms with Gasteiger partial charge in [0.05, 0.1) is 10.9 Å². The number of benzene rings is 2. The molecular formula is C16H13BrClF3. The zero-order valence-corrected chi connectivity index (χ0v) is 13.6. The van der Waals surface area contributed by atoms with Crippen molar-refractivity contribution in [3.05, 3.63) is 69.2 Å². The van der Waals surface area contributed by atoms with Gasteiger partial charge < -0.3 is 0 Å². The van der Waals surface area contributed by atoms with E-state index in [4.69, 9.17) is 11.6 Å². The van der Waals surface area contributed by atoms with E-state index < -0.39 is 17.1 Å². The van der Waals surface area contributed by atoms with Crippen molar-refractivity contribution in [3.63, 3.8) is 0 Å². The average Bonchev–Trinajstić information content (AvgIpc) is 2.40. The fourth-order valence-electron chi connectivity index (χ4n) is 2.10. The highest BCUT2D eigenvalue weighted by Gasteiger charge is 2.31. The van der Waals surface area contributed by atoms with E-state index in [2.05, 4.69) is 15.9 Å². The Bertz CT molecular complexity index is 638. The van der Waals surface area contributed by atoms with Crippen molar-refractivity contribution in [3.8, 4) is 0 Å². The van der Waals surface area contributed by atoms with Crippen LogP contribution < -0.4 is 0 Å². The molecule has 0 nitrogen and oxygen atoms in total. The Labute approximate surface area is 135 Å². The molecule has 0 N–H and O–H groups in total. The molecule has 2 aromatic carbocycles. The Kier molecular flexibility index (Phi) is 4.99. The average molecular weight is 378 g/mol. The first-order valence-corrected chi connectivity index (χ1v) is 7.57. The topological polar surface area (TPSA) is 0 Å². The van der Waals surface area contributed by atoms with Crippen LogP contribution in [0.15, 0.2) is 46.9 Å². The van der Waals surface area contributed by atoms with Crippen LogP contribution in [0.4, 0.5) is 13.2 Å². The Morgan fingerprint density at radius 1 is 1.14 bits per heavy atom. The Hall–Kier alpha value is -1.00. The second-order valence-electron chi connectivity index (χ2n) is 4.83. The third-order valence-electron chi connectivity index (χ3n) is 3.32. The lowest BCUT2D eigenvalue weighted by Crippen LogP contribution is -2.07. The summed E-state index contributed by atoms with van der Waals surface area (Å²) >= 11 is 9.62. The van der Waals surface area contributed by atoms with Gasteiger partial charge >= 0.3 is 6.18 Å². The summed E-state index contributed by atoms with van der Waals surface area (Å²) in [4.78, 5) is 0. The number of halogens is 5. The quantitative estimate of drug-likeness (QED) is 0.551. The molecule has 5 heteroatoms. The van der Waals surface area contributed by atoms with Gasteiger partial charge in [-0.2, -0.15) is 13.2 Å². The lowest BCUT2D eigenvalue weighted by molar-refractivity contribution is -0.137. The molecule has 2 rings (SSSR count). The molecule has 1 unspecified atom stereocenters. The third-order valence-corrected chi connectivity index (χ3v) is 4.43. The molecule has 0 aliphatic carbocycles. The van der Waals surface area contributed by atoms with Gasteiger partial charge in [0.1, 0.15) is 0 Å². The van der Waals surface area contributed by atoms with Crippen LogP contribution in [-0.4, -0.2) is 0 Å². The number of hydrogen-bond acceptors (Lipinski definition) is 0. The maximum absolute atomic E-state index is 12.8. The molecule has 0 bridgehead atoms. The molecule has 0 aromatic heterocycles. The standard InChI is InChI=1S/C16H13BrClF3/c1-10-4-2-3-5-11(10)8-15(18)13-9-12(16(19,20)21)6-7-14(13)17/h2-7,9,15H,8H2,1H3. The molecule has 21 heavy (non-hydrogen) atoms. The smallest absolute Gasteiger partial charge is 0.166 e. The highest BCUT2D eigenvalue weighted by molar-refractivity contribution is 9.10. The predicted molar refractivity (Wildman–Crippen MR) is 82.6 cm³/mol. The van der Waals surface area contributed by atoms with Crippen LogP contribution in [0, 0.1) is 6.92 Å². The lowest BCUT2D eigenvalue weighted by Gasteiger charge is -2.16. The van der Waals surface area contributed by atoms with E-state index in [1.54, 1.807) is 0 Å². The maximum atomic E-state index is 12.8. The first-order valence-electron chi connectivity index (χ1n) is 6.34. The van der Waals surface area contributed by atoms with E-state index in [1.807, 2.05) is 31.2 Å². The van der Waals surface area contributed by atoms with Gasteiger partial charge in [-0.15, -0.1) is 11.6 Å². The van der Waals surface area contributed by atoms with Crippen LogP contribution in [0.3, 0.4) is 0 Å². The highest BCUT2D eigenvalue weighted by atomic mass is 79.9. The second-order valence-corrected chi connectivity index (χ2v) is 6.21. The summed E-state index contributed by atoms with van der Waals surface area (Å²) in [5, 5.41) is -0.525. The summed E-state index contributed by atoms with van der Waals surface area (Å²) in [7, 11) is 0. The summed E-state index contributed by atoms with van der Waals surface area (Å²) in [5.41, 5.74) is 1.87. The van der Waals surface area contributed by atoms with E-state index in [1.165, 1.54) is 6.07 Å². The summed E-state index contributed by atoms with van der Waals surface area (Å²) in [6, 6.07) is 11.3. The Balaban J connectivity index is 2.31. The number of alkyl halides is 4. The largest absolute Gasteiger partial charge is 0.416 e. The van der Waals surface area contributed by atoms with Crippen molar-refractivity contribution in [2.75, 3.05) is 0 Å². The van der Waals surface area contributed by atoms with E-state index in [0.717, 1.165) is 23.3 Å². The number of hydrogen-bond donors (Lipinski definition) is 0. The zero-order chi connectivity index (χ0) is 15.6. The second kappa shape index (κ2) is 6.41. The van der Waals surface area contributed by atoms with Crippen molar-refractivity contribution >= 4 is 27.5 Å². The molecule has 0 saturated heterocycles. The van der Waals surface area contributed by atoms with E-state index in [-0.39, 0.29) is 0 Å². The molecule has 0 spiro atoms. The monoisotopic (exact) mass is 376 g/mol. The van der Waals surface area contributed by atoms with Crippen LogP contribution in [0.25, 0.3) is 0 Å². The lowest BCUT2D eigenvalue weighted by atomic mass is 9.99. The molecule has 0 radical (unpaired) electrons. The third kappa shape index (κ3) is 4.01. The molecule has 2 aromatic rings. The predicted octanol–water partition coefficient (Wildman–Crippen LogP) is 6.30. The number of aryl methyl sites for hydroxylation is 1. The van der Waals surface area contributed by atoms with Crippen molar-refractivity contribution in [1.82, 2.24) is 0 Å². The molecule has 0 aliphatic rings. The van der Waals surface area contributed by atoms with Gasteiger partial charge in [0.25, 0.3) is 0 Å². The first kappa shape index (κ1) is 16.4. The van der Waals surface area contributed by atoms with Crippen LogP contribution in [-0.2, 0) is 12.6 Å². The minimum absolute atomic E-state index is 0.453. The maximum Gasteiger partial charge on any atom is 0.416 e. The van der Waals surface area contributed by atoms with Gasteiger partial charge in [0.2, 0.25) is 0 Å². The van der Waals surface area contributed by atoms with Gasteiger partial charge in [-0.25, -0.2) is 0 Å². The van der Waals surface area contributed by atoms with E-state index >= 15 is 0 Å². The number of rotatable bonds is 3. The van der Waals surface area contributed by atoms with Crippen LogP contribution in [0.1, 0.15) is 27.6 Å². The Morgan fingerprint density at radius 2 is 1.81 bits per heavy atom. The van der Waals surface area contributed by atoms with Crippen LogP contribution in [0.5, 0.6) is 0 Å². The van der Waals surface area contributed by atoms with Gasteiger partial charge in [-0.3, -0.25) is 0 Å². The highest BCUT2D eigenvalue weighted by Crippen LogP contribution is 2.37. The molecular weight excluding hydrogens is 365 g/mol. The fourth-order valence-corrected chi connectivity index (χ4v) is 3.10. The summed E-state index contributed by atoms with van der Waals surface area (Å²) < 4.78 is 39.0. The minimum Gasteiger partial charge on any atom is -0.166 e. The van der Waals surface area contributed by atoms with E-state index in [9.17, 15) is 13.2 Å². The van der Waals surface area contributed by atoms with Crippen molar-refractivity contribution in [1.29, 1.82) is 0 Å². The van der Waals surface area contributed by atoms with Crippen molar-refractivity contribution in [2.45, 2.75) is 24.9 Å². The summed E-state index contributed by atoms with van der Waals surface area (Å²) in [5.74, 6) is 0. The normalized spacial score (nSPS) is 13.2. The van der Waals surface area contributed by atoms with E-state index in [0.29, 0.717) is 16.5 Å². The van der Waals surface area contributed by atoms with Gasteiger partial charge in [-0.1, -0.05) is 40.2 Å². The fraction of sp³-hybridized carbons (Fsp3) is 0.250. The van der Waals surface area contributed by atoms with Crippen LogP contribution in [0.2, 0.25) is 0 Å². The summed E-state index contributed by atoms with van der Waals surface area (Å²) in [6.45, 7) is 1.96. The molecule has 0 fully saturated rings. The molecule has 0 saturated carbocycles. The SMILES string of the molecule is Cc1ccccc1CC(Cl)c1cc(C(F)(F)F)ccc1Br. The van der Waals surface area contributed by atoms with Crippen molar-refractivity contribution < 1.29 is 13.2 Å². The molecule has 0 heterocycles. The minimum atomic E-state index is -4.37. The molecule has 112 valence electrons. The molecule has 1 atom stereocenters. The molecule has 0 aliphatic heterocycles. The van der Waals surface area contributed by atoms with Gasteiger partial charge in [0, 0.05) is 4.47 Å².